The molecule has 4 nitrogen and oxygen atoms in total. The summed E-state index contributed by atoms with van der Waals surface area (Å²) in [5, 5.41) is 14.2. The summed E-state index contributed by atoms with van der Waals surface area (Å²) in [4.78, 5) is 10.4. The Balaban J connectivity index is 2.87. The Bertz CT molecular complexity index is 255. The lowest BCUT2D eigenvalue weighted by Crippen LogP contribution is -2.25. The maximum atomic E-state index is 10.4. The minimum absolute atomic E-state index is 0.145. The van der Waals surface area contributed by atoms with Crippen LogP contribution in [0.2, 0.25) is 0 Å². The number of nitrogens with zero attached hydrogens (tertiary/aromatic N) is 2. The number of aromatic nitrogens is 2. The standard InChI is InChI=1S/C7H10N2O2/c1-2-5-9-6(7(10)11)3-4-8-9/h3-4H,2,5H2,1H3,(H,10,11)/p-1. The van der Waals surface area contributed by atoms with Gasteiger partial charge in [-0.15, -0.1) is 0 Å². The molecule has 0 saturated carbocycles. The molecule has 60 valence electrons. The van der Waals surface area contributed by atoms with Gasteiger partial charge in [0.25, 0.3) is 0 Å². The fourth-order valence-electron chi connectivity index (χ4n) is 0.896. The molecule has 0 bridgehead atoms. The third kappa shape index (κ3) is 1.58. The topological polar surface area (TPSA) is 58.0 Å². The third-order valence-electron chi connectivity index (χ3n) is 1.36. The van der Waals surface area contributed by atoms with E-state index >= 15 is 0 Å². The molecule has 0 fully saturated rings. The molecule has 0 aliphatic rings. The van der Waals surface area contributed by atoms with E-state index in [0.29, 0.717) is 6.54 Å². The molecule has 0 spiro atoms. The molecule has 1 rings (SSSR count). The third-order valence-corrected chi connectivity index (χ3v) is 1.36. The van der Waals surface area contributed by atoms with Crippen LogP contribution < -0.4 is 5.11 Å². The van der Waals surface area contributed by atoms with Gasteiger partial charge in [-0.1, -0.05) is 6.92 Å². The van der Waals surface area contributed by atoms with Crippen molar-refractivity contribution in [2.45, 2.75) is 19.9 Å². The molecule has 0 radical (unpaired) electrons. The summed E-state index contributed by atoms with van der Waals surface area (Å²) in [7, 11) is 0. The highest BCUT2D eigenvalue weighted by Gasteiger charge is 2.00. The van der Waals surface area contributed by atoms with Gasteiger partial charge in [0.15, 0.2) is 0 Å². The summed E-state index contributed by atoms with van der Waals surface area (Å²) < 4.78 is 1.43. The van der Waals surface area contributed by atoms with E-state index in [1.54, 1.807) is 0 Å². The number of carbonyl (C=O) groups is 1. The van der Waals surface area contributed by atoms with Gasteiger partial charge >= 0.3 is 0 Å². The van der Waals surface area contributed by atoms with E-state index in [4.69, 9.17) is 0 Å². The van der Waals surface area contributed by atoms with Gasteiger partial charge in [-0.05, 0) is 12.5 Å². The van der Waals surface area contributed by atoms with Gasteiger partial charge < -0.3 is 9.90 Å². The maximum Gasteiger partial charge on any atom is 0.0896 e. The first-order valence-electron chi connectivity index (χ1n) is 3.49. The normalized spacial score (nSPS) is 9.91. The zero-order valence-electron chi connectivity index (χ0n) is 6.28. The van der Waals surface area contributed by atoms with Crippen molar-refractivity contribution in [2.75, 3.05) is 0 Å². The molecule has 0 aliphatic heterocycles. The van der Waals surface area contributed by atoms with Crippen LogP contribution in [0.3, 0.4) is 0 Å². The van der Waals surface area contributed by atoms with Crippen molar-refractivity contribution in [1.29, 1.82) is 0 Å². The molecule has 1 heterocycles. The highest BCUT2D eigenvalue weighted by Crippen LogP contribution is 1.97. The van der Waals surface area contributed by atoms with Crippen LogP contribution in [0.1, 0.15) is 23.8 Å². The van der Waals surface area contributed by atoms with Gasteiger partial charge in [0.05, 0.1) is 11.7 Å². The molecule has 0 N–H and O–H groups in total. The predicted molar refractivity (Wildman–Crippen MR) is 36.8 cm³/mol. The largest absolute Gasteiger partial charge is 0.543 e. The average molecular weight is 153 g/mol. The highest BCUT2D eigenvalue weighted by atomic mass is 16.4. The molecule has 0 saturated heterocycles. The monoisotopic (exact) mass is 153 g/mol. The van der Waals surface area contributed by atoms with Crippen molar-refractivity contribution in [2.24, 2.45) is 0 Å². The van der Waals surface area contributed by atoms with E-state index in [0.717, 1.165) is 6.42 Å². The maximum absolute atomic E-state index is 10.4. The number of hydrogen-bond donors (Lipinski definition) is 0. The van der Waals surface area contributed by atoms with Gasteiger partial charge in [0.1, 0.15) is 0 Å². The Labute approximate surface area is 64.5 Å². The fraction of sp³-hybridized carbons (Fsp3) is 0.429. The van der Waals surface area contributed by atoms with Crippen molar-refractivity contribution in [3.05, 3.63) is 18.0 Å². The van der Waals surface area contributed by atoms with Crippen LogP contribution in [0.15, 0.2) is 12.3 Å². The average Bonchev–Trinajstić information content (AvgIpc) is 2.36. The second kappa shape index (κ2) is 3.18. The summed E-state index contributed by atoms with van der Waals surface area (Å²) in [6.07, 6.45) is 2.32. The van der Waals surface area contributed by atoms with Crippen molar-refractivity contribution in [3.63, 3.8) is 0 Å². The molecule has 0 aromatic carbocycles. The summed E-state index contributed by atoms with van der Waals surface area (Å²) in [6, 6.07) is 1.44. The highest BCUT2D eigenvalue weighted by molar-refractivity contribution is 5.83. The number of carboxylic acids is 1. The van der Waals surface area contributed by atoms with Crippen molar-refractivity contribution in [3.8, 4) is 0 Å². The molecule has 0 aliphatic carbocycles. The zero-order valence-corrected chi connectivity index (χ0v) is 6.28. The lowest BCUT2D eigenvalue weighted by atomic mass is 10.4. The van der Waals surface area contributed by atoms with E-state index < -0.39 is 5.97 Å². The van der Waals surface area contributed by atoms with Crippen LogP contribution in [0.25, 0.3) is 0 Å². The molecule has 4 heteroatoms. The van der Waals surface area contributed by atoms with Crippen LogP contribution >= 0.6 is 0 Å². The van der Waals surface area contributed by atoms with Crippen LogP contribution in [-0.4, -0.2) is 15.7 Å². The van der Waals surface area contributed by atoms with Gasteiger partial charge in [0.2, 0.25) is 0 Å². The molecule has 1 aromatic heterocycles. The van der Waals surface area contributed by atoms with E-state index in [9.17, 15) is 9.90 Å². The Morgan fingerprint density at radius 1 is 1.82 bits per heavy atom. The molecule has 0 amide bonds. The smallest absolute Gasteiger partial charge is 0.0896 e. The first-order valence-corrected chi connectivity index (χ1v) is 3.49. The number of aryl methyl sites for hydroxylation is 1. The summed E-state index contributed by atoms with van der Waals surface area (Å²) in [6.45, 7) is 2.58. The van der Waals surface area contributed by atoms with Crippen molar-refractivity contribution < 1.29 is 9.90 Å². The van der Waals surface area contributed by atoms with Gasteiger partial charge in [-0.3, -0.25) is 4.68 Å². The Morgan fingerprint density at radius 2 is 2.55 bits per heavy atom. The number of rotatable bonds is 3. The molecule has 0 unspecified atom stereocenters. The lowest BCUT2D eigenvalue weighted by molar-refractivity contribution is -0.255. The zero-order chi connectivity index (χ0) is 8.27. The number of aromatic carboxylic acids is 1. The second-order valence-electron chi connectivity index (χ2n) is 2.23. The van der Waals surface area contributed by atoms with Crippen LogP contribution in [-0.2, 0) is 6.54 Å². The Morgan fingerprint density at radius 3 is 3.09 bits per heavy atom. The van der Waals surface area contributed by atoms with E-state index in [1.165, 1.54) is 16.9 Å². The van der Waals surface area contributed by atoms with Crippen LogP contribution in [0.4, 0.5) is 0 Å². The molecule has 11 heavy (non-hydrogen) atoms. The van der Waals surface area contributed by atoms with E-state index in [2.05, 4.69) is 5.10 Å². The quantitative estimate of drug-likeness (QED) is 0.596. The minimum Gasteiger partial charge on any atom is -0.543 e. The Hall–Kier alpha value is -1.32. The van der Waals surface area contributed by atoms with Crippen LogP contribution in [0.5, 0.6) is 0 Å². The summed E-state index contributed by atoms with van der Waals surface area (Å²) in [5.74, 6) is -1.17. The Kier molecular flexibility index (Phi) is 2.25. The molecule has 1 aromatic rings. The SMILES string of the molecule is CCCn1nccc1C(=O)[O-]. The first-order chi connectivity index (χ1) is 5.25. The van der Waals surface area contributed by atoms with Gasteiger partial charge in [-0.2, -0.15) is 5.10 Å². The van der Waals surface area contributed by atoms with Crippen LogP contribution in [0, 0.1) is 0 Å². The first kappa shape index (κ1) is 7.78. The number of carbonyl (C=O) groups excluding carboxylic acids is 1. The van der Waals surface area contributed by atoms with Gasteiger partial charge in [-0.25, -0.2) is 0 Å². The van der Waals surface area contributed by atoms with Crippen molar-refractivity contribution >= 4 is 5.97 Å². The number of carboxylic acid groups (broad SMARTS) is 1. The second-order valence-corrected chi connectivity index (χ2v) is 2.23. The molecule has 0 atom stereocenters. The minimum atomic E-state index is -1.17. The fourth-order valence-corrected chi connectivity index (χ4v) is 0.896. The molecular weight excluding hydrogens is 144 g/mol. The van der Waals surface area contributed by atoms with E-state index in [-0.39, 0.29) is 5.69 Å². The number of hydrogen-bond acceptors (Lipinski definition) is 3. The van der Waals surface area contributed by atoms with Crippen molar-refractivity contribution in [1.82, 2.24) is 9.78 Å². The molecular formula is C7H9N2O2-. The lowest BCUT2D eigenvalue weighted by Gasteiger charge is -2.05. The summed E-state index contributed by atoms with van der Waals surface area (Å²) in [5.41, 5.74) is 0.145. The predicted octanol–water partition coefficient (Wildman–Crippen LogP) is -0.343. The van der Waals surface area contributed by atoms with Gasteiger partial charge in [0, 0.05) is 12.7 Å². The van der Waals surface area contributed by atoms with E-state index in [1.807, 2.05) is 6.92 Å². The summed E-state index contributed by atoms with van der Waals surface area (Å²) >= 11 is 0.